The van der Waals surface area contributed by atoms with Gasteiger partial charge >= 0.3 is 0 Å². The Balaban J connectivity index is 1.85. The molecule has 8 heteroatoms. The summed E-state index contributed by atoms with van der Waals surface area (Å²) in [6, 6.07) is 1.67. The van der Waals surface area contributed by atoms with Gasteiger partial charge in [0.05, 0.1) is 6.26 Å². The minimum Gasteiger partial charge on any atom is -0.360 e. The van der Waals surface area contributed by atoms with Crippen LogP contribution in [0.3, 0.4) is 0 Å². The van der Waals surface area contributed by atoms with Gasteiger partial charge in [-0.05, 0) is 19.8 Å². The molecule has 106 valence electrons. The first-order valence-electron chi connectivity index (χ1n) is 6.06. The number of nitrogens with zero attached hydrogens (tertiary/aromatic N) is 2. The van der Waals surface area contributed by atoms with Crippen molar-refractivity contribution in [2.24, 2.45) is 0 Å². The van der Waals surface area contributed by atoms with E-state index in [2.05, 4.69) is 10.5 Å². The van der Waals surface area contributed by atoms with Crippen molar-refractivity contribution in [1.29, 1.82) is 0 Å². The molecule has 1 aromatic rings. The Morgan fingerprint density at radius 2 is 2.26 bits per heavy atom. The average Bonchev–Trinajstić information content (AvgIpc) is 3.01. The van der Waals surface area contributed by atoms with E-state index in [9.17, 15) is 13.2 Å². The van der Waals surface area contributed by atoms with E-state index in [1.807, 2.05) is 0 Å². The fourth-order valence-corrected chi connectivity index (χ4v) is 3.00. The number of aryl methyl sites for hydroxylation is 1. The monoisotopic (exact) mass is 287 g/mol. The average molecular weight is 287 g/mol. The lowest BCUT2D eigenvalue weighted by Crippen LogP contribution is -2.34. The summed E-state index contributed by atoms with van der Waals surface area (Å²) in [5, 5.41) is 6.20. The number of hydrogen-bond donors (Lipinski definition) is 1. The minimum absolute atomic E-state index is 0.0668. The van der Waals surface area contributed by atoms with Crippen LogP contribution in [0.4, 0.5) is 5.82 Å². The quantitative estimate of drug-likeness (QED) is 0.833. The van der Waals surface area contributed by atoms with Crippen molar-refractivity contribution in [1.82, 2.24) is 9.46 Å². The summed E-state index contributed by atoms with van der Waals surface area (Å²) in [6.07, 6.45) is 3.02. The number of sulfonamides is 1. The van der Waals surface area contributed by atoms with E-state index in [0.29, 0.717) is 11.6 Å². The molecule has 0 radical (unpaired) electrons. The minimum atomic E-state index is -3.25. The van der Waals surface area contributed by atoms with Crippen molar-refractivity contribution >= 4 is 21.7 Å². The van der Waals surface area contributed by atoms with Gasteiger partial charge in [-0.3, -0.25) is 4.79 Å². The molecule has 1 fully saturated rings. The molecule has 0 bridgehead atoms. The van der Waals surface area contributed by atoms with E-state index in [-0.39, 0.29) is 24.9 Å². The molecule has 2 rings (SSSR count). The van der Waals surface area contributed by atoms with Crippen LogP contribution in [0.25, 0.3) is 0 Å². The molecule has 7 nitrogen and oxygen atoms in total. The first-order chi connectivity index (χ1) is 8.86. The second-order valence-electron chi connectivity index (χ2n) is 4.73. The molecule has 1 aromatic heterocycles. The number of amides is 1. The second-order valence-corrected chi connectivity index (χ2v) is 6.66. The third-order valence-electron chi connectivity index (χ3n) is 2.83. The summed E-state index contributed by atoms with van der Waals surface area (Å²) in [7, 11) is -3.25. The van der Waals surface area contributed by atoms with E-state index in [1.54, 1.807) is 13.0 Å². The van der Waals surface area contributed by atoms with Crippen molar-refractivity contribution in [2.75, 3.05) is 18.1 Å². The van der Waals surface area contributed by atoms with Gasteiger partial charge in [0.15, 0.2) is 5.82 Å². The fourth-order valence-electron chi connectivity index (χ4n) is 1.82. The molecule has 1 N–H and O–H groups in total. The lowest BCUT2D eigenvalue weighted by atomic mass is 10.4. The van der Waals surface area contributed by atoms with Crippen LogP contribution in [0, 0.1) is 6.92 Å². The van der Waals surface area contributed by atoms with Crippen molar-refractivity contribution < 1.29 is 17.7 Å². The number of hydrogen-bond acceptors (Lipinski definition) is 5. The van der Waals surface area contributed by atoms with Crippen LogP contribution in [0.1, 0.15) is 25.0 Å². The Labute approximate surface area is 112 Å². The largest absolute Gasteiger partial charge is 0.360 e. The smallest absolute Gasteiger partial charge is 0.226 e. The van der Waals surface area contributed by atoms with Crippen LogP contribution < -0.4 is 5.32 Å². The molecule has 0 aliphatic heterocycles. The summed E-state index contributed by atoms with van der Waals surface area (Å²) >= 11 is 0. The zero-order chi connectivity index (χ0) is 14.0. The number of aromatic nitrogens is 1. The molecule has 1 aliphatic carbocycles. The highest BCUT2D eigenvalue weighted by Crippen LogP contribution is 2.28. The molecule has 1 amide bonds. The molecular weight excluding hydrogens is 270 g/mol. The van der Waals surface area contributed by atoms with Crippen LogP contribution in [0.5, 0.6) is 0 Å². The van der Waals surface area contributed by atoms with E-state index < -0.39 is 10.0 Å². The van der Waals surface area contributed by atoms with Gasteiger partial charge in [-0.1, -0.05) is 5.16 Å². The Hall–Kier alpha value is -1.41. The molecule has 0 aromatic carbocycles. The predicted molar refractivity (Wildman–Crippen MR) is 69.1 cm³/mol. The summed E-state index contributed by atoms with van der Waals surface area (Å²) in [4.78, 5) is 11.7. The summed E-state index contributed by atoms with van der Waals surface area (Å²) < 4.78 is 29.3. The third-order valence-corrected chi connectivity index (χ3v) is 4.17. The Bertz CT molecular complexity index is 562. The van der Waals surface area contributed by atoms with E-state index in [0.717, 1.165) is 12.8 Å². The molecule has 1 aliphatic rings. The maximum absolute atomic E-state index is 11.7. The zero-order valence-corrected chi connectivity index (χ0v) is 11.7. The van der Waals surface area contributed by atoms with E-state index in [4.69, 9.17) is 4.52 Å². The first kappa shape index (κ1) is 14.0. The van der Waals surface area contributed by atoms with Crippen molar-refractivity contribution in [3.05, 3.63) is 11.8 Å². The summed E-state index contributed by atoms with van der Waals surface area (Å²) in [5.41, 5.74) is 0. The normalized spacial score (nSPS) is 15.7. The number of anilines is 1. The number of carbonyl (C=O) groups is 1. The molecule has 0 saturated heterocycles. The topological polar surface area (TPSA) is 92.5 Å². The Kier molecular flexibility index (Phi) is 3.91. The maximum atomic E-state index is 11.7. The van der Waals surface area contributed by atoms with Crippen LogP contribution in [-0.4, -0.2) is 42.6 Å². The number of carbonyl (C=O) groups excluding carboxylic acids is 1. The highest BCUT2D eigenvalue weighted by atomic mass is 32.2. The Morgan fingerprint density at radius 3 is 2.74 bits per heavy atom. The highest BCUT2D eigenvalue weighted by Gasteiger charge is 2.34. The zero-order valence-electron chi connectivity index (χ0n) is 10.9. The van der Waals surface area contributed by atoms with Gasteiger partial charge < -0.3 is 9.84 Å². The fraction of sp³-hybridized carbons (Fsp3) is 0.636. The van der Waals surface area contributed by atoms with E-state index in [1.165, 1.54) is 10.6 Å². The van der Waals surface area contributed by atoms with Crippen LogP contribution >= 0.6 is 0 Å². The van der Waals surface area contributed by atoms with Crippen LogP contribution in [0.2, 0.25) is 0 Å². The lowest BCUT2D eigenvalue weighted by Gasteiger charge is -2.18. The number of rotatable bonds is 6. The van der Waals surface area contributed by atoms with Crippen LogP contribution in [0.15, 0.2) is 10.6 Å². The van der Waals surface area contributed by atoms with Crippen molar-refractivity contribution in [3.8, 4) is 0 Å². The molecule has 0 spiro atoms. The Morgan fingerprint density at radius 1 is 1.58 bits per heavy atom. The van der Waals surface area contributed by atoms with Gasteiger partial charge in [-0.25, -0.2) is 8.42 Å². The predicted octanol–water partition coefficient (Wildman–Crippen LogP) is 0.736. The van der Waals surface area contributed by atoms with Gasteiger partial charge in [0.2, 0.25) is 15.9 Å². The summed E-state index contributed by atoms with van der Waals surface area (Å²) in [6.45, 7) is 1.92. The molecule has 1 heterocycles. The molecule has 1 saturated carbocycles. The molecule has 0 atom stereocenters. The molecular formula is C11H17N3O4S. The maximum Gasteiger partial charge on any atom is 0.226 e. The van der Waals surface area contributed by atoms with Gasteiger partial charge in [0, 0.05) is 25.1 Å². The standard InChI is InChI=1S/C11H17N3O4S/c1-8-7-10(13-18-8)12-11(15)5-6-14(9-3-4-9)19(2,16)17/h7,9H,3-6H2,1-2H3,(H,12,13,15). The lowest BCUT2D eigenvalue weighted by molar-refractivity contribution is -0.116. The number of nitrogens with one attached hydrogen (secondary N) is 1. The third kappa shape index (κ3) is 4.03. The molecule has 0 unspecified atom stereocenters. The SMILES string of the molecule is Cc1cc(NC(=O)CCN(C2CC2)S(C)(=O)=O)no1. The van der Waals surface area contributed by atoms with Gasteiger partial charge in [0.25, 0.3) is 0 Å². The molecule has 19 heavy (non-hydrogen) atoms. The first-order valence-corrected chi connectivity index (χ1v) is 7.91. The van der Waals surface area contributed by atoms with Crippen molar-refractivity contribution in [2.45, 2.75) is 32.2 Å². The van der Waals surface area contributed by atoms with Gasteiger partial charge in [-0.15, -0.1) is 0 Å². The van der Waals surface area contributed by atoms with Gasteiger partial charge in [-0.2, -0.15) is 4.31 Å². The van der Waals surface area contributed by atoms with E-state index >= 15 is 0 Å². The van der Waals surface area contributed by atoms with Crippen molar-refractivity contribution in [3.63, 3.8) is 0 Å². The second kappa shape index (κ2) is 5.30. The van der Waals surface area contributed by atoms with Gasteiger partial charge in [0.1, 0.15) is 5.76 Å². The summed E-state index contributed by atoms with van der Waals surface area (Å²) in [5.74, 6) is 0.675. The van der Waals surface area contributed by atoms with Crippen LogP contribution in [-0.2, 0) is 14.8 Å². The highest BCUT2D eigenvalue weighted by molar-refractivity contribution is 7.88.